The predicted molar refractivity (Wildman–Crippen MR) is 65.9 cm³/mol. The van der Waals surface area contributed by atoms with E-state index in [0.717, 1.165) is 29.7 Å². The van der Waals surface area contributed by atoms with E-state index in [0.29, 0.717) is 0 Å². The SMILES string of the molecule is CNC(C1CCC1)C1CC(C)CC(C)C1. The third-order valence-electron chi connectivity index (χ3n) is 4.71. The minimum Gasteiger partial charge on any atom is -0.316 e. The third-order valence-corrected chi connectivity index (χ3v) is 4.71. The van der Waals surface area contributed by atoms with Crippen molar-refractivity contribution in [2.24, 2.45) is 23.7 Å². The molecule has 0 amide bonds. The Morgan fingerprint density at radius 1 is 0.933 bits per heavy atom. The Kier molecular flexibility index (Phi) is 3.71. The fourth-order valence-corrected chi connectivity index (χ4v) is 3.96. The molecule has 1 N–H and O–H groups in total. The molecule has 15 heavy (non-hydrogen) atoms. The normalized spacial score (nSPS) is 39.8. The third kappa shape index (κ3) is 2.55. The molecule has 0 saturated heterocycles. The molecule has 0 aromatic carbocycles. The zero-order valence-electron chi connectivity index (χ0n) is 10.6. The fraction of sp³-hybridized carbons (Fsp3) is 1.00. The highest BCUT2D eigenvalue weighted by molar-refractivity contribution is 4.90. The molecule has 3 unspecified atom stereocenters. The molecule has 88 valence electrons. The van der Waals surface area contributed by atoms with Gasteiger partial charge < -0.3 is 5.32 Å². The quantitative estimate of drug-likeness (QED) is 0.750. The van der Waals surface area contributed by atoms with E-state index in [4.69, 9.17) is 0 Å². The average Bonchev–Trinajstić information content (AvgIpc) is 2.08. The molecular weight excluding hydrogens is 182 g/mol. The molecule has 2 aliphatic rings. The van der Waals surface area contributed by atoms with Crippen LogP contribution in [0.3, 0.4) is 0 Å². The molecule has 0 bridgehead atoms. The van der Waals surface area contributed by atoms with Crippen molar-refractivity contribution < 1.29 is 0 Å². The first-order valence-electron chi connectivity index (χ1n) is 6.88. The van der Waals surface area contributed by atoms with Gasteiger partial charge in [0.2, 0.25) is 0 Å². The summed E-state index contributed by atoms with van der Waals surface area (Å²) in [7, 11) is 2.17. The van der Waals surface area contributed by atoms with Crippen LogP contribution in [0.5, 0.6) is 0 Å². The number of rotatable bonds is 3. The van der Waals surface area contributed by atoms with Crippen LogP contribution in [0.4, 0.5) is 0 Å². The largest absolute Gasteiger partial charge is 0.316 e. The van der Waals surface area contributed by atoms with E-state index in [9.17, 15) is 0 Å². The van der Waals surface area contributed by atoms with Gasteiger partial charge in [0.15, 0.2) is 0 Å². The molecule has 0 spiro atoms. The van der Waals surface area contributed by atoms with E-state index in [1.54, 1.807) is 0 Å². The molecule has 2 aliphatic carbocycles. The standard InChI is InChI=1S/C14H27N/c1-10-7-11(2)9-13(8-10)14(15-3)12-5-4-6-12/h10-15H,4-9H2,1-3H3. The highest BCUT2D eigenvalue weighted by Crippen LogP contribution is 2.40. The first-order valence-corrected chi connectivity index (χ1v) is 6.88. The second kappa shape index (κ2) is 4.86. The lowest BCUT2D eigenvalue weighted by molar-refractivity contribution is 0.113. The molecule has 0 radical (unpaired) electrons. The molecule has 0 aliphatic heterocycles. The van der Waals surface area contributed by atoms with Crippen molar-refractivity contribution in [3.8, 4) is 0 Å². The van der Waals surface area contributed by atoms with Crippen molar-refractivity contribution in [1.82, 2.24) is 5.32 Å². The summed E-state index contributed by atoms with van der Waals surface area (Å²) in [5.74, 6) is 3.86. The molecule has 2 saturated carbocycles. The second-order valence-electron chi connectivity index (χ2n) is 6.18. The minimum absolute atomic E-state index is 0.823. The van der Waals surface area contributed by atoms with Crippen LogP contribution in [0, 0.1) is 23.7 Å². The Bertz CT molecular complexity index is 188. The van der Waals surface area contributed by atoms with Crippen molar-refractivity contribution in [3.05, 3.63) is 0 Å². The smallest absolute Gasteiger partial charge is 0.0121 e. The van der Waals surface area contributed by atoms with Gasteiger partial charge in [-0.3, -0.25) is 0 Å². The van der Waals surface area contributed by atoms with Crippen LogP contribution in [-0.4, -0.2) is 13.1 Å². The minimum atomic E-state index is 0.823. The van der Waals surface area contributed by atoms with Crippen LogP contribution in [0.15, 0.2) is 0 Å². The van der Waals surface area contributed by atoms with Gasteiger partial charge in [-0.15, -0.1) is 0 Å². The lowest BCUT2D eigenvalue weighted by Crippen LogP contribution is -2.45. The Balaban J connectivity index is 1.93. The van der Waals surface area contributed by atoms with Gasteiger partial charge in [0.1, 0.15) is 0 Å². The van der Waals surface area contributed by atoms with Gasteiger partial charge in [0.25, 0.3) is 0 Å². The molecule has 0 aromatic rings. The average molecular weight is 209 g/mol. The zero-order valence-corrected chi connectivity index (χ0v) is 10.6. The predicted octanol–water partition coefficient (Wildman–Crippen LogP) is 3.45. The van der Waals surface area contributed by atoms with Crippen molar-refractivity contribution in [1.29, 1.82) is 0 Å². The van der Waals surface area contributed by atoms with E-state index in [1.807, 2.05) is 0 Å². The Hall–Kier alpha value is -0.0400. The number of hydrogen-bond acceptors (Lipinski definition) is 1. The van der Waals surface area contributed by atoms with Crippen LogP contribution in [-0.2, 0) is 0 Å². The van der Waals surface area contributed by atoms with Gasteiger partial charge in [-0.1, -0.05) is 20.3 Å². The maximum Gasteiger partial charge on any atom is 0.0121 e. The number of hydrogen-bond donors (Lipinski definition) is 1. The van der Waals surface area contributed by atoms with Crippen LogP contribution >= 0.6 is 0 Å². The lowest BCUT2D eigenvalue weighted by Gasteiger charge is -2.43. The van der Waals surface area contributed by atoms with E-state index in [-0.39, 0.29) is 0 Å². The van der Waals surface area contributed by atoms with E-state index in [2.05, 4.69) is 26.2 Å². The van der Waals surface area contributed by atoms with Gasteiger partial charge in [-0.05, 0) is 62.8 Å². The molecule has 3 atom stereocenters. The summed E-state index contributed by atoms with van der Waals surface area (Å²) in [5.41, 5.74) is 0. The van der Waals surface area contributed by atoms with Crippen LogP contribution in [0.25, 0.3) is 0 Å². The molecule has 1 nitrogen and oxygen atoms in total. The fourth-order valence-electron chi connectivity index (χ4n) is 3.96. The number of nitrogens with one attached hydrogen (secondary N) is 1. The molecule has 2 fully saturated rings. The summed E-state index contributed by atoms with van der Waals surface area (Å²) in [4.78, 5) is 0. The van der Waals surface area contributed by atoms with E-state index < -0.39 is 0 Å². The zero-order chi connectivity index (χ0) is 10.8. The maximum absolute atomic E-state index is 3.61. The highest BCUT2D eigenvalue weighted by Gasteiger charge is 2.35. The summed E-state index contributed by atoms with van der Waals surface area (Å²) in [5, 5.41) is 3.61. The van der Waals surface area contributed by atoms with Crippen molar-refractivity contribution in [2.45, 2.75) is 58.4 Å². The topological polar surface area (TPSA) is 12.0 Å². The molecule has 0 aromatic heterocycles. The lowest BCUT2D eigenvalue weighted by atomic mass is 9.67. The molecular formula is C14H27N. The van der Waals surface area contributed by atoms with Crippen LogP contribution < -0.4 is 5.32 Å². The van der Waals surface area contributed by atoms with Crippen molar-refractivity contribution >= 4 is 0 Å². The van der Waals surface area contributed by atoms with Gasteiger partial charge in [0.05, 0.1) is 0 Å². The summed E-state index contributed by atoms with van der Waals surface area (Å²) < 4.78 is 0. The first-order chi connectivity index (χ1) is 7.20. The van der Waals surface area contributed by atoms with Crippen molar-refractivity contribution in [2.75, 3.05) is 7.05 Å². The Labute approximate surface area is 95.0 Å². The van der Waals surface area contributed by atoms with Gasteiger partial charge in [0, 0.05) is 6.04 Å². The van der Waals surface area contributed by atoms with Gasteiger partial charge in [-0.25, -0.2) is 0 Å². The summed E-state index contributed by atoms with van der Waals surface area (Å²) in [6.07, 6.45) is 8.81. The Morgan fingerprint density at radius 3 is 1.93 bits per heavy atom. The van der Waals surface area contributed by atoms with Crippen molar-refractivity contribution in [3.63, 3.8) is 0 Å². The second-order valence-corrected chi connectivity index (χ2v) is 6.18. The molecule has 1 heteroatoms. The summed E-state index contributed by atoms with van der Waals surface area (Å²) in [6, 6.07) is 0.823. The summed E-state index contributed by atoms with van der Waals surface area (Å²) >= 11 is 0. The van der Waals surface area contributed by atoms with Gasteiger partial charge in [-0.2, -0.15) is 0 Å². The Morgan fingerprint density at radius 2 is 1.53 bits per heavy atom. The van der Waals surface area contributed by atoms with Crippen LogP contribution in [0.2, 0.25) is 0 Å². The molecule has 0 heterocycles. The van der Waals surface area contributed by atoms with Gasteiger partial charge >= 0.3 is 0 Å². The van der Waals surface area contributed by atoms with E-state index in [1.165, 1.54) is 38.5 Å². The van der Waals surface area contributed by atoms with Crippen LogP contribution in [0.1, 0.15) is 52.4 Å². The highest BCUT2D eigenvalue weighted by atomic mass is 14.9. The molecule has 2 rings (SSSR count). The monoisotopic (exact) mass is 209 g/mol. The van der Waals surface area contributed by atoms with E-state index >= 15 is 0 Å². The first kappa shape index (κ1) is 11.4. The summed E-state index contributed by atoms with van der Waals surface area (Å²) in [6.45, 7) is 4.88. The maximum atomic E-state index is 3.61.